The van der Waals surface area contributed by atoms with Gasteiger partial charge < -0.3 is 5.11 Å². The molecule has 0 spiro atoms. The lowest BCUT2D eigenvalue weighted by atomic mass is 10.2. The van der Waals surface area contributed by atoms with Crippen LogP contribution in [0.3, 0.4) is 0 Å². The molecule has 0 aliphatic rings. The predicted molar refractivity (Wildman–Crippen MR) is 108 cm³/mol. The number of hydrogen-bond acceptors (Lipinski definition) is 3. The number of rotatable bonds is 15. The van der Waals surface area contributed by atoms with Crippen LogP contribution in [0.4, 0.5) is 0 Å². The molecule has 4 heteroatoms. The lowest BCUT2D eigenvalue weighted by Crippen LogP contribution is -2.04. The number of allylic oxidation sites excluding steroid dienone is 10. The molecule has 144 valence electrons. The molecule has 2 N–H and O–H groups in total. The van der Waals surface area contributed by atoms with Gasteiger partial charge in [0, 0.05) is 6.42 Å². The summed E-state index contributed by atoms with van der Waals surface area (Å²) in [4.78, 5) is 14.7. The zero-order chi connectivity index (χ0) is 19.3. The molecule has 0 saturated heterocycles. The average Bonchev–Trinajstić information content (AvgIpc) is 2.63. The average molecular weight is 360 g/mol. The summed E-state index contributed by atoms with van der Waals surface area (Å²) in [5, 5.41) is 17.3. The molecule has 0 aromatic heterocycles. The van der Waals surface area contributed by atoms with Crippen molar-refractivity contribution in [2.45, 2.75) is 58.0 Å². The van der Waals surface area contributed by atoms with E-state index in [1.54, 1.807) is 0 Å². The number of hydrogen-bond donors (Lipinski definition) is 2. The fraction of sp³-hybridized carbons (Fsp3) is 0.409. The summed E-state index contributed by atoms with van der Waals surface area (Å²) in [5.41, 5.74) is 0. The molecule has 0 aliphatic carbocycles. The summed E-state index contributed by atoms with van der Waals surface area (Å²) in [7, 11) is 0. The lowest BCUT2D eigenvalue weighted by molar-refractivity contribution is -0.264. The summed E-state index contributed by atoms with van der Waals surface area (Å²) >= 11 is 0. The van der Waals surface area contributed by atoms with Crippen LogP contribution in [-0.2, 0) is 9.68 Å². The lowest BCUT2D eigenvalue weighted by Gasteiger charge is -2.03. The maximum atomic E-state index is 10.3. The normalized spacial score (nSPS) is 14.2. The van der Waals surface area contributed by atoms with Gasteiger partial charge in [-0.2, -0.15) is 0 Å². The Morgan fingerprint density at radius 1 is 0.885 bits per heavy atom. The van der Waals surface area contributed by atoms with Crippen molar-refractivity contribution >= 4 is 5.97 Å². The van der Waals surface area contributed by atoms with E-state index in [9.17, 15) is 4.79 Å². The summed E-state index contributed by atoms with van der Waals surface area (Å²) in [6.07, 6.45) is 28.7. The second kappa shape index (κ2) is 19.2. The highest BCUT2D eigenvalue weighted by molar-refractivity contribution is 5.66. The summed E-state index contributed by atoms with van der Waals surface area (Å²) < 4.78 is 0. The van der Waals surface area contributed by atoms with Crippen LogP contribution in [-0.4, -0.2) is 22.4 Å². The largest absolute Gasteiger partial charge is 0.481 e. The second-order valence-electron chi connectivity index (χ2n) is 5.65. The van der Waals surface area contributed by atoms with Crippen LogP contribution in [0.15, 0.2) is 72.9 Å². The first kappa shape index (κ1) is 23.8. The Morgan fingerprint density at radius 3 is 2.27 bits per heavy atom. The van der Waals surface area contributed by atoms with E-state index in [4.69, 9.17) is 10.4 Å². The van der Waals surface area contributed by atoms with Gasteiger partial charge in [0.05, 0.1) is 0 Å². The minimum Gasteiger partial charge on any atom is -0.481 e. The fourth-order valence-corrected chi connectivity index (χ4v) is 1.95. The van der Waals surface area contributed by atoms with Crippen molar-refractivity contribution < 1.29 is 20.0 Å². The van der Waals surface area contributed by atoms with Crippen LogP contribution >= 0.6 is 0 Å². The molecule has 1 atom stereocenters. The van der Waals surface area contributed by atoms with E-state index in [1.807, 2.05) is 54.7 Å². The zero-order valence-corrected chi connectivity index (χ0v) is 15.7. The van der Waals surface area contributed by atoms with E-state index in [0.29, 0.717) is 12.8 Å². The van der Waals surface area contributed by atoms with E-state index in [1.165, 1.54) is 0 Å². The zero-order valence-electron chi connectivity index (χ0n) is 15.7. The fourth-order valence-electron chi connectivity index (χ4n) is 1.95. The van der Waals surface area contributed by atoms with E-state index in [2.05, 4.69) is 30.0 Å². The molecular formula is C22H32O4. The van der Waals surface area contributed by atoms with Crippen LogP contribution in [0.25, 0.3) is 0 Å². The molecule has 0 amide bonds. The third-order valence-electron chi connectivity index (χ3n) is 3.33. The van der Waals surface area contributed by atoms with Crippen molar-refractivity contribution in [2.24, 2.45) is 0 Å². The van der Waals surface area contributed by atoms with Gasteiger partial charge in [0.25, 0.3) is 0 Å². The topological polar surface area (TPSA) is 66.8 Å². The predicted octanol–water partition coefficient (Wildman–Crippen LogP) is 6.02. The minimum absolute atomic E-state index is 0.192. The van der Waals surface area contributed by atoms with E-state index in [0.717, 1.165) is 25.7 Å². The monoisotopic (exact) mass is 360 g/mol. The van der Waals surface area contributed by atoms with Crippen LogP contribution in [0.5, 0.6) is 0 Å². The van der Waals surface area contributed by atoms with Crippen LogP contribution < -0.4 is 0 Å². The first-order chi connectivity index (χ1) is 12.7. The first-order valence-corrected chi connectivity index (χ1v) is 9.17. The Morgan fingerprint density at radius 2 is 1.58 bits per heavy atom. The van der Waals surface area contributed by atoms with E-state index < -0.39 is 5.97 Å². The van der Waals surface area contributed by atoms with Gasteiger partial charge in [-0.15, -0.1) is 0 Å². The molecule has 0 fully saturated rings. The highest BCUT2D eigenvalue weighted by Gasteiger charge is 1.99. The standard InChI is InChI=1S/C22H32O4/c1-2-3-15-18-21(26-25)19-16-13-11-9-7-5-4-6-8-10-12-14-17-20-22(23)24/h3,6-9,11-16,19,21,25H,2,4-5,10,17-18,20H2,1H3,(H,23,24)/b8-6-,9-7-,13-11-,14-12-,15-3-,19-16+/t21-/m0/s1. The van der Waals surface area contributed by atoms with Crippen LogP contribution in [0, 0.1) is 0 Å². The third-order valence-corrected chi connectivity index (χ3v) is 3.33. The highest BCUT2D eigenvalue weighted by Crippen LogP contribution is 2.01. The second-order valence-corrected chi connectivity index (χ2v) is 5.65. The summed E-state index contributed by atoms with van der Waals surface area (Å²) in [6, 6.07) is 0. The minimum atomic E-state index is -0.757. The Bertz CT molecular complexity index is 510. The number of carboxylic acid groups (broad SMARTS) is 1. The van der Waals surface area contributed by atoms with Gasteiger partial charge in [0.15, 0.2) is 0 Å². The third kappa shape index (κ3) is 18.2. The van der Waals surface area contributed by atoms with Gasteiger partial charge in [-0.3, -0.25) is 10.1 Å². The Labute approximate surface area is 157 Å². The molecule has 0 aromatic carbocycles. The van der Waals surface area contributed by atoms with E-state index >= 15 is 0 Å². The smallest absolute Gasteiger partial charge is 0.303 e. The molecule has 0 saturated carbocycles. The van der Waals surface area contributed by atoms with Gasteiger partial charge in [0.2, 0.25) is 0 Å². The van der Waals surface area contributed by atoms with Crippen molar-refractivity contribution in [3.8, 4) is 0 Å². The molecule has 26 heavy (non-hydrogen) atoms. The maximum absolute atomic E-state index is 10.3. The number of carboxylic acids is 1. The van der Waals surface area contributed by atoms with Crippen molar-refractivity contribution in [1.29, 1.82) is 0 Å². The van der Waals surface area contributed by atoms with Crippen molar-refractivity contribution in [3.63, 3.8) is 0 Å². The van der Waals surface area contributed by atoms with Crippen molar-refractivity contribution in [2.75, 3.05) is 0 Å². The van der Waals surface area contributed by atoms with Gasteiger partial charge in [-0.25, -0.2) is 4.89 Å². The van der Waals surface area contributed by atoms with Crippen molar-refractivity contribution in [3.05, 3.63) is 72.9 Å². The van der Waals surface area contributed by atoms with Crippen LogP contribution in [0.1, 0.15) is 51.9 Å². The molecule has 0 aromatic rings. The van der Waals surface area contributed by atoms with E-state index in [-0.39, 0.29) is 12.5 Å². The van der Waals surface area contributed by atoms with Crippen LogP contribution in [0.2, 0.25) is 0 Å². The van der Waals surface area contributed by atoms with Crippen molar-refractivity contribution in [1.82, 2.24) is 0 Å². The summed E-state index contributed by atoms with van der Waals surface area (Å²) in [5.74, 6) is -0.757. The van der Waals surface area contributed by atoms with Gasteiger partial charge in [0.1, 0.15) is 6.10 Å². The van der Waals surface area contributed by atoms with Gasteiger partial charge in [-0.1, -0.05) is 79.8 Å². The van der Waals surface area contributed by atoms with Gasteiger partial charge >= 0.3 is 5.97 Å². The molecule has 4 nitrogen and oxygen atoms in total. The molecule has 0 unspecified atom stereocenters. The molecule has 0 radical (unpaired) electrons. The number of aliphatic carboxylic acids is 1. The maximum Gasteiger partial charge on any atom is 0.303 e. The molecule has 0 rings (SSSR count). The number of unbranched alkanes of at least 4 members (excludes halogenated alkanes) is 1. The number of carbonyl (C=O) groups is 1. The molecule has 0 bridgehead atoms. The quantitative estimate of drug-likeness (QED) is 0.123. The Hall–Kier alpha value is -2.17. The first-order valence-electron chi connectivity index (χ1n) is 9.17. The Kier molecular flexibility index (Phi) is 17.6. The SMILES string of the molecule is CC/C=C\C[C@@H](/C=C/C=C\C=C/CC/C=C\C/C=C\CCC(=O)O)OO. The Balaban J connectivity index is 3.77. The molecule has 0 aliphatic heterocycles. The van der Waals surface area contributed by atoms with Gasteiger partial charge in [-0.05, 0) is 38.5 Å². The summed E-state index contributed by atoms with van der Waals surface area (Å²) in [6.45, 7) is 2.06. The molecule has 0 heterocycles. The highest BCUT2D eigenvalue weighted by atomic mass is 17.1. The molecular weight excluding hydrogens is 328 g/mol.